The lowest BCUT2D eigenvalue weighted by atomic mass is 9.68. The number of aryl methyl sites for hydroxylation is 1. The molecule has 1 spiro atoms. The smallest absolute Gasteiger partial charge is 0.264 e. The number of halogens is 1. The average molecular weight is 625 g/mol. The van der Waals surface area contributed by atoms with E-state index in [1.807, 2.05) is 31.2 Å². The molecule has 0 radical (unpaired) electrons. The number of hydrogen-bond acceptors (Lipinski definition) is 6. The Morgan fingerprint density at radius 3 is 2.79 bits per heavy atom. The molecule has 2 bridgehead atoms. The van der Waals surface area contributed by atoms with Crippen molar-refractivity contribution in [3.05, 3.63) is 82.3 Å². The molecule has 1 unspecified atom stereocenters. The van der Waals surface area contributed by atoms with Crippen molar-refractivity contribution < 1.29 is 23.1 Å². The van der Waals surface area contributed by atoms with Crippen LogP contribution in [0.25, 0.3) is 0 Å². The van der Waals surface area contributed by atoms with E-state index < -0.39 is 32.7 Å². The van der Waals surface area contributed by atoms with Crippen molar-refractivity contribution in [2.24, 2.45) is 17.3 Å². The number of fused-ring (bicyclic) bond motifs is 7. The van der Waals surface area contributed by atoms with Gasteiger partial charge in [0.05, 0.1) is 30.3 Å². The molecule has 230 valence electrons. The van der Waals surface area contributed by atoms with Gasteiger partial charge in [0.1, 0.15) is 0 Å². The fourth-order valence-electron chi connectivity index (χ4n) is 8.77. The molecule has 0 aromatic heterocycles. The van der Waals surface area contributed by atoms with Crippen LogP contribution in [-0.2, 0) is 31.4 Å². The summed E-state index contributed by atoms with van der Waals surface area (Å²) in [5.74, 6) is -0.239. The first kappa shape index (κ1) is 29.2. The zero-order valence-corrected chi connectivity index (χ0v) is 26.2. The van der Waals surface area contributed by atoms with Crippen LogP contribution < -0.4 is 4.72 Å². The number of benzene rings is 1. The van der Waals surface area contributed by atoms with Gasteiger partial charge in [-0.25, -0.2) is 13.1 Å². The highest BCUT2D eigenvalue weighted by Crippen LogP contribution is 2.54. The Morgan fingerprint density at radius 1 is 1.14 bits per heavy atom. The molecular weight excluding hydrogens is 584 g/mol. The van der Waals surface area contributed by atoms with Gasteiger partial charge in [0.2, 0.25) is 10.0 Å². The second-order valence-corrected chi connectivity index (χ2v) is 16.2. The fourth-order valence-corrected chi connectivity index (χ4v) is 10.9. The predicted molar refractivity (Wildman–Crippen MR) is 167 cm³/mol. The molecule has 3 aliphatic heterocycles. The van der Waals surface area contributed by atoms with Gasteiger partial charge in [-0.15, -0.1) is 0 Å². The number of rotatable bonds is 0. The number of amides is 1. The third-order valence-corrected chi connectivity index (χ3v) is 13.5. The minimum Gasteiger partial charge on any atom is -0.500 e. The molecule has 7 atom stereocenters. The standard InChI is InChI=1S/C34H41ClN2O5S/c1-33-14-3-8-29(38)25-11-12-26(25)31-28-19-23(32(39)36-43(40,41)30(33)9-4-15-33)7-5-17-42-21-34(20-37(28)31)16-2-6-22-18-24(35)10-13-27(22)34/h3,5,7-8,10,13,17-19,25-26,29-31,38H,2,4,6,9,11-12,14-16,20-21H2,1H3,(H,36,39)/b8-3+,17-5?,23-7?,28-19?/t25-,26-,29+,30+,31?,33+,34+,37?/m1/s1. The van der Waals surface area contributed by atoms with Crippen LogP contribution in [0.15, 0.2) is 66.1 Å². The maximum Gasteiger partial charge on any atom is 0.264 e. The van der Waals surface area contributed by atoms with E-state index in [9.17, 15) is 18.3 Å². The Kier molecular flexibility index (Phi) is 7.34. The summed E-state index contributed by atoms with van der Waals surface area (Å²) in [6, 6.07) is 6.25. The number of carbonyl (C=O) groups is 1. The Morgan fingerprint density at radius 2 is 1.98 bits per heavy atom. The number of aliphatic hydroxyl groups is 1. The summed E-state index contributed by atoms with van der Waals surface area (Å²) in [4.78, 5) is 16.0. The summed E-state index contributed by atoms with van der Waals surface area (Å²) in [6.45, 7) is 3.19. The van der Waals surface area contributed by atoms with Crippen molar-refractivity contribution in [3.8, 4) is 0 Å². The number of allylic oxidation sites excluding steroid dienone is 3. The minimum atomic E-state index is -3.93. The van der Waals surface area contributed by atoms with Gasteiger partial charge in [-0.2, -0.15) is 0 Å². The second kappa shape index (κ2) is 10.8. The minimum absolute atomic E-state index is 0.0783. The predicted octanol–water partition coefficient (Wildman–Crippen LogP) is 5.30. The maximum atomic E-state index is 13.7. The molecule has 1 aromatic carbocycles. The molecule has 2 N–H and O–H groups in total. The molecule has 3 aliphatic carbocycles. The molecule has 1 aromatic rings. The quantitative estimate of drug-likeness (QED) is 0.300. The highest BCUT2D eigenvalue weighted by Gasteiger charge is 2.56. The van der Waals surface area contributed by atoms with E-state index in [0.29, 0.717) is 25.0 Å². The molecule has 9 heteroatoms. The van der Waals surface area contributed by atoms with Crippen LogP contribution >= 0.6 is 11.6 Å². The number of nitrogens with one attached hydrogen (secondary N) is 1. The molecular formula is C34H41ClN2O5S. The first-order chi connectivity index (χ1) is 20.6. The van der Waals surface area contributed by atoms with Crippen LogP contribution in [0.5, 0.6) is 0 Å². The van der Waals surface area contributed by atoms with E-state index in [1.54, 1.807) is 18.4 Å². The average Bonchev–Trinajstić information content (AvgIpc) is 3.39. The van der Waals surface area contributed by atoms with Crippen molar-refractivity contribution in [2.45, 2.75) is 87.5 Å². The van der Waals surface area contributed by atoms with Gasteiger partial charge in [-0.05, 0) is 110 Å². The zero-order valence-electron chi connectivity index (χ0n) is 24.7. The van der Waals surface area contributed by atoms with Gasteiger partial charge in [0, 0.05) is 28.3 Å². The van der Waals surface area contributed by atoms with Crippen molar-refractivity contribution >= 4 is 27.5 Å². The highest BCUT2D eigenvalue weighted by atomic mass is 35.5. The number of hydrogen-bond donors (Lipinski definition) is 2. The molecule has 43 heavy (non-hydrogen) atoms. The Labute approximate surface area is 259 Å². The van der Waals surface area contributed by atoms with E-state index >= 15 is 0 Å². The fraction of sp³-hybridized carbons (Fsp3) is 0.559. The Balaban J connectivity index is 1.29. The van der Waals surface area contributed by atoms with Crippen molar-refractivity contribution in [2.75, 3.05) is 13.2 Å². The van der Waals surface area contributed by atoms with Gasteiger partial charge in [-0.3, -0.25) is 4.79 Å². The van der Waals surface area contributed by atoms with E-state index in [2.05, 4.69) is 21.8 Å². The van der Waals surface area contributed by atoms with Gasteiger partial charge >= 0.3 is 0 Å². The zero-order chi connectivity index (χ0) is 30.0. The van der Waals surface area contributed by atoms with Gasteiger partial charge in [0.25, 0.3) is 5.91 Å². The Hall–Kier alpha value is -2.55. The highest BCUT2D eigenvalue weighted by molar-refractivity contribution is 7.90. The van der Waals surface area contributed by atoms with Crippen molar-refractivity contribution in [1.29, 1.82) is 0 Å². The summed E-state index contributed by atoms with van der Waals surface area (Å²) < 4.78 is 35.9. The van der Waals surface area contributed by atoms with Gasteiger partial charge in [0.15, 0.2) is 0 Å². The monoisotopic (exact) mass is 624 g/mol. The van der Waals surface area contributed by atoms with Gasteiger partial charge in [-0.1, -0.05) is 43.2 Å². The topological polar surface area (TPSA) is 95.7 Å². The molecule has 7 rings (SSSR count). The summed E-state index contributed by atoms with van der Waals surface area (Å²) in [7, 11) is -3.93. The van der Waals surface area contributed by atoms with Crippen LogP contribution in [0.3, 0.4) is 0 Å². The summed E-state index contributed by atoms with van der Waals surface area (Å²) in [5.41, 5.74) is 3.07. The van der Waals surface area contributed by atoms with E-state index in [4.69, 9.17) is 16.3 Å². The Bertz CT molecular complexity index is 1550. The van der Waals surface area contributed by atoms with E-state index in [0.717, 1.165) is 62.2 Å². The lowest BCUT2D eigenvalue weighted by Crippen LogP contribution is -2.44. The first-order valence-corrected chi connectivity index (χ1v) is 17.7. The number of sulfonamides is 1. The van der Waals surface area contributed by atoms with Crippen LogP contribution in [0.2, 0.25) is 5.02 Å². The lowest BCUT2D eigenvalue weighted by Gasteiger charge is -2.41. The van der Waals surface area contributed by atoms with E-state index in [-0.39, 0.29) is 23.3 Å². The first-order valence-electron chi connectivity index (χ1n) is 15.8. The largest absolute Gasteiger partial charge is 0.500 e. The molecule has 2 saturated carbocycles. The third kappa shape index (κ3) is 5.17. The molecule has 7 nitrogen and oxygen atoms in total. The van der Waals surface area contributed by atoms with Crippen molar-refractivity contribution in [1.82, 2.24) is 9.62 Å². The summed E-state index contributed by atoms with van der Waals surface area (Å²) in [5, 5.41) is 11.4. The number of carbonyl (C=O) groups excluding carboxylic acids is 1. The van der Waals surface area contributed by atoms with Crippen LogP contribution in [0.1, 0.15) is 69.4 Å². The molecule has 3 heterocycles. The number of ether oxygens (including phenoxy) is 1. The number of nitrogens with zero attached hydrogens (tertiary/aromatic N) is 1. The van der Waals surface area contributed by atoms with Crippen LogP contribution in [-0.4, -0.2) is 54.9 Å². The summed E-state index contributed by atoms with van der Waals surface area (Å²) in [6.07, 6.45) is 17.6. The summed E-state index contributed by atoms with van der Waals surface area (Å²) >= 11 is 6.40. The maximum absolute atomic E-state index is 13.7. The molecule has 1 saturated heterocycles. The van der Waals surface area contributed by atoms with Gasteiger partial charge < -0.3 is 14.7 Å². The molecule has 3 fully saturated rings. The second-order valence-electron chi connectivity index (χ2n) is 13.9. The SMILES string of the molecule is C[C@@]12C/C=C/[C@H](O)[C@@H]3CC[C@H]3C3C4=CC(=CC=COC[C@]5(CCCc6cc(Cl)ccc65)CN43)C(=O)NS(=O)(=O)[C@H]1CCC2. The normalized spacial score (nSPS) is 39.1. The lowest BCUT2D eigenvalue weighted by molar-refractivity contribution is -0.115. The van der Waals surface area contributed by atoms with Crippen molar-refractivity contribution in [3.63, 3.8) is 0 Å². The van der Waals surface area contributed by atoms with Crippen LogP contribution in [0, 0.1) is 17.3 Å². The van der Waals surface area contributed by atoms with Crippen LogP contribution in [0.4, 0.5) is 0 Å². The molecule has 1 amide bonds. The third-order valence-electron chi connectivity index (χ3n) is 11.2. The molecule has 6 aliphatic rings. The number of aliphatic hydroxyl groups excluding tert-OH is 1. The van der Waals surface area contributed by atoms with E-state index in [1.165, 1.54) is 11.1 Å².